The van der Waals surface area contributed by atoms with Gasteiger partial charge in [0.15, 0.2) is 5.13 Å². The lowest BCUT2D eigenvalue weighted by Gasteiger charge is -2.12. The summed E-state index contributed by atoms with van der Waals surface area (Å²) in [5.74, 6) is -2.94. The Balaban J connectivity index is 1.87. The highest BCUT2D eigenvalue weighted by molar-refractivity contribution is 7.14. The number of anilines is 2. The van der Waals surface area contributed by atoms with Crippen molar-refractivity contribution in [3.05, 3.63) is 59.5 Å². The summed E-state index contributed by atoms with van der Waals surface area (Å²) in [7, 11) is 0. The first-order valence-corrected chi connectivity index (χ1v) is 7.57. The van der Waals surface area contributed by atoms with Crippen LogP contribution in [0.25, 0.3) is 11.3 Å². The molecule has 0 saturated heterocycles. The minimum absolute atomic E-state index is 0.119. The Kier molecular flexibility index (Phi) is 4.04. The van der Waals surface area contributed by atoms with Crippen LogP contribution < -0.4 is 5.32 Å². The van der Waals surface area contributed by atoms with Crippen LogP contribution in [0.3, 0.4) is 0 Å². The summed E-state index contributed by atoms with van der Waals surface area (Å²) in [6.07, 6.45) is 3.10. The Bertz CT molecular complexity index is 813. The van der Waals surface area contributed by atoms with Crippen molar-refractivity contribution >= 4 is 22.2 Å². The molecule has 0 fully saturated rings. The highest BCUT2D eigenvalue weighted by atomic mass is 32.1. The summed E-state index contributed by atoms with van der Waals surface area (Å²) < 4.78 is 40.7. The normalized spacial score (nSPS) is 11.5. The van der Waals surface area contributed by atoms with Gasteiger partial charge in [-0.15, -0.1) is 0 Å². The minimum atomic E-state index is -2.94. The number of hydrogen-bond acceptors (Lipinski definition) is 4. The van der Waals surface area contributed by atoms with E-state index < -0.39 is 11.1 Å². The average Bonchev–Trinajstić information content (AvgIpc) is 2.88. The molecule has 0 aliphatic heterocycles. The molecule has 7 heteroatoms. The van der Waals surface area contributed by atoms with Crippen LogP contribution in [0.5, 0.6) is 0 Å². The van der Waals surface area contributed by atoms with E-state index in [0.29, 0.717) is 11.3 Å². The summed E-state index contributed by atoms with van der Waals surface area (Å²) in [5, 5.41) is 2.69. The van der Waals surface area contributed by atoms with Crippen LogP contribution in [0, 0.1) is 5.13 Å². The highest BCUT2D eigenvalue weighted by Gasteiger charge is 2.24. The SMILES string of the molecule is CC(F)(F)c1cccc(Nc2nc(-c3cccnc3)c(F)s2)c1. The molecule has 0 aliphatic carbocycles. The van der Waals surface area contributed by atoms with Gasteiger partial charge in [-0.05, 0) is 24.3 Å². The van der Waals surface area contributed by atoms with Crippen molar-refractivity contribution in [3.8, 4) is 11.3 Å². The quantitative estimate of drug-likeness (QED) is 0.712. The molecule has 0 radical (unpaired) electrons. The zero-order chi connectivity index (χ0) is 16.4. The fourth-order valence-electron chi connectivity index (χ4n) is 2.03. The smallest absolute Gasteiger partial charge is 0.270 e. The van der Waals surface area contributed by atoms with Gasteiger partial charge in [0.25, 0.3) is 5.92 Å². The second-order valence-electron chi connectivity index (χ2n) is 4.98. The maximum absolute atomic E-state index is 14.0. The number of rotatable bonds is 4. The Hall–Kier alpha value is -2.41. The molecule has 3 nitrogen and oxygen atoms in total. The highest BCUT2D eigenvalue weighted by Crippen LogP contribution is 2.33. The van der Waals surface area contributed by atoms with Gasteiger partial charge in [0.2, 0.25) is 5.13 Å². The molecular weight excluding hydrogens is 323 g/mol. The molecule has 0 saturated carbocycles. The molecule has 2 aromatic heterocycles. The lowest BCUT2D eigenvalue weighted by molar-refractivity contribution is 0.0175. The summed E-state index contributed by atoms with van der Waals surface area (Å²) >= 11 is 0.813. The number of thiazole rings is 1. The topological polar surface area (TPSA) is 37.8 Å². The van der Waals surface area contributed by atoms with Crippen molar-refractivity contribution in [1.82, 2.24) is 9.97 Å². The molecule has 1 N–H and O–H groups in total. The number of nitrogens with one attached hydrogen (secondary N) is 1. The van der Waals surface area contributed by atoms with Crippen molar-refractivity contribution in [2.24, 2.45) is 0 Å². The van der Waals surface area contributed by atoms with E-state index in [2.05, 4.69) is 15.3 Å². The number of aromatic nitrogens is 2. The van der Waals surface area contributed by atoms with Gasteiger partial charge in [0.05, 0.1) is 0 Å². The van der Waals surface area contributed by atoms with Gasteiger partial charge in [-0.25, -0.2) is 13.8 Å². The molecule has 3 rings (SSSR count). The van der Waals surface area contributed by atoms with Gasteiger partial charge in [-0.2, -0.15) is 4.39 Å². The summed E-state index contributed by atoms with van der Waals surface area (Å²) in [4.78, 5) is 8.10. The number of nitrogens with zero attached hydrogens (tertiary/aromatic N) is 2. The summed E-state index contributed by atoms with van der Waals surface area (Å²) in [6, 6.07) is 9.19. The van der Waals surface area contributed by atoms with Gasteiger partial charge >= 0.3 is 0 Å². The molecule has 0 unspecified atom stereocenters. The van der Waals surface area contributed by atoms with Gasteiger partial charge in [0, 0.05) is 36.1 Å². The van der Waals surface area contributed by atoms with Gasteiger partial charge in [-0.1, -0.05) is 23.5 Å². The first-order valence-electron chi connectivity index (χ1n) is 6.75. The average molecular weight is 335 g/mol. The monoisotopic (exact) mass is 335 g/mol. The number of halogens is 3. The predicted octanol–water partition coefficient (Wildman–Crippen LogP) is 5.20. The van der Waals surface area contributed by atoms with Crippen LogP contribution >= 0.6 is 11.3 Å². The molecule has 0 bridgehead atoms. The van der Waals surface area contributed by atoms with Crippen LogP contribution in [-0.2, 0) is 5.92 Å². The van der Waals surface area contributed by atoms with E-state index >= 15 is 0 Å². The van der Waals surface area contributed by atoms with Crippen LogP contribution in [0.15, 0.2) is 48.8 Å². The van der Waals surface area contributed by atoms with Crippen LogP contribution in [-0.4, -0.2) is 9.97 Å². The number of pyridine rings is 1. The van der Waals surface area contributed by atoms with Crippen molar-refractivity contribution in [3.63, 3.8) is 0 Å². The second-order valence-corrected chi connectivity index (χ2v) is 5.93. The van der Waals surface area contributed by atoms with Crippen molar-refractivity contribution in [1.29, 1.82) is 0 Å². The largest absolute Gasteiger partial charge is 0.331 e. The van der Waals surface area contributed by atoms with Crippen molar-refractivity contribution in [2.75, 3.05) is 5.32 Å². The minimum Gasteiger partial charge on any atom is -0.331 e. The van der Waals surface area contributed by atoms with Gasteiger partial charge in [0.1, 0.15) is 5.69 Å². The molecule has 1 aromatic carbocycles. The number of hydrogen-bond donors (Lipinski definition) is 1. The molecule has 3 aromatic rings. The Morgan fingerprint density at radius 2 is 2.00 bits per heavy atom. The van der Waals surface area contributed by atoms with Crippen molar-refractivity contribution in [2.45, 2.75) is 12.8 Å². The van der Waals surface area contributed by atoms with Gasteiger partial charge < -0.3 is 5.32 Å². The zero-order valence-electron chi connectivity index (χ0n) is 12.1. The maximum Gasteiger partial charge on any atom is 0.270 e. The first kappa shape index (κ1) is 15.5. The van der Waals surface area contributed by atoms with E-state index in [-0.39, 0.29) is 16.4 Å². The number of benzene rings is 1. The Labute approximate surface area is 134 Å². The molecular formula is C16H12F3N3S. The maximum atomic E-state index is 14.0. The Morgan fingerprint density at radius 1 is 1.17 bits per heavy atom. The second kappa shape index (κ2) is 6.00. The van der Waals surface area contributed by atoms with Crippen LogP contribution in [0.2, 0.25) is 0 Å². The molecule has 118 valence electrons. The van der Waals surface area contributed by atoms with E-state index in [1.807, 2.05) is 0 Å². The van der Waals surface area contributed by atoms with Crippen LogP contribution in [0.1, 0.15) is 12.5 Å². The zero-order valence-corrected chi connectivity index (χ0v) is 12.9. The Morgan fingerprint density at radius 3 is 2.70 bits per heavy atom. The third-order valence-corrected chi connectivity index (χ3v) is 3.90. The van der Waals surface area contributed by atoms with Gasteiger partial charge in [-0.3, -0.25) is 4.98 Å². The fourth-order valence-corrected chi connectivity index (χ4v) is 2.77. The molecule has 0 atom stereocenters. The van der Waals surface area contributed by atoms with E-state index in [0.717, 1.165) is 18.3 Å². The van der Waals surface area contributed by atoms with Crippen molar-refractivity contribution < 1.29 is 13.2 Å². The third kappa shape index (κ3) is 3.50. The lowest BCUT2D eigenvalue weighted by Crippen LogP contribution is -2.07. The summed E-state index contributed by atoms with van der Waals surface area (Å²) in [6.45, 7) is 0.829. The third-order valence-electron chi connectivity index (χ3n) is 3.14. The van der Waals surface area contributed by atoms with E-state index in [1.54, 1.807) is 24.4 Å². The predicted molar refractivity (Wildman–Crippen MR) is 84.6 cm³/mol. The number of alkyl halides is 2. The standard InChI is InChI=1S/C16H12F3N3S/c1-16(18,19)11-5-2-6-12(8-11)21-15-22-13(14(17)23-15)10-4-3-7-20-9-10/h2-9H,1H3,(H,21,22). The summed E-state index contributed by atoms with van der Waals surface area (Å²) in [5.41, 5.74) is 1.05. The van der Waals surface area contributed by atoms with E-state index in [1.165, 1.54) is 24.4 Å². The molecule has 0 amide bonds. The molecule has 0 aliphatic rings. The van der Waals surface area contributed by atoms with E-state index in [4.69, 9.17) is 0 Å². The first-order chi connectivity index (χ1) is 10.9. The molecule has 23 heavy (non-hydrogen) atoms. The molecule has 0 spiro atoms. The molecule has 2 heterocycles. The van der Waals surface area contributed by atoms with Crippen LogP contribution in [0.4, 0.5) is 24.0 Å². The lowest BCUT2D eigenvalue weighted by atomic mass is 10.1. The van der Waals surface area contributed by atoms with E-state index in [9.17, 15) is 13.2 Å². The fraction of sp³-hybridized carbons (Fsp3) is 0.125.